The predicted molar refractivity (Wildman–Crippen MR) is 73.3 cm³/mol. The van der Waals surface area contributed by atoms with Gasteiger partial charge in [0.1, 0.15) is 0 Å². The van der Waals surface area contributed by atoms with Crippen LogP contribution >= 0.6 is 0 Å². The molecule has 4 heterocycles. The van der Waals surface area contributed by atoms with Crippen LogP contribution < -0.4 is 0 Å². The molecule has 2 aromatic heterocycles. The number of hydrogen-bond acceptors (Lipinski definition) is 2. The highest BCUT2D eigenvalue weighted by Gasteiger charge is 2.27. The van der Waals surface area contributed by atoms with Crippen molar-refractivity contribution in [3.05, 3.63) is 36.3 Å². The van der Waals surface area contributed by atoms with Gasteiger partial charge in [0.2, 0.25) is 0 Å². The second-order valence-corrected chi connectivity index (χ2v) is 5.31. The predicted octanol–water partition coefficient (Wildman–Crippen LogP) is 2.81. The van der Waals surface area contributed by atoms with Gasteiger partial charge in [-0.1, -0.05) is 6.08 Å². The summed E-state index contributed by atoms with van der Waals surface area (Å²) in [6.45, 7) is 2.49. The smallest absolute Gasteiger partial charge is 0.0491 e. The third kappa shape index (κ3) is 1.51. The first-order valence-electron chi connectivity index (χ1n) is 6.78. The number of pyridine rings is 1. The molecule has 0 spiro atoms. The van der Waals surface area contributed by atoms with Crippen molar-refractivity contribution < 1.29 is 0 Å². The van der Waals surface area contributed by atoms with Gasteiger partial charge in [0.15, 0.2) is 0 Å². The first kappa shape index (κ1) is 10.3. The van der Waals surface area contributed by atoms with Gasteiger partial charge < -0.3 is 4.98 Å². The van der Waals surface area contributed by atoms with Gasteiger partial charge in [-0.15, -0.1) is 0 Å². The van der Waals surface area contributed by atoms with Gasteiger partial charge in [-0.05, 0) is 37.4 Å². The van der Waals surface area contributed by atoms with Crippen molar-refractivity contribution in [2.75, 3.05) is 13.1 Å². The molecule has 1 saturated heterocycles. The highest BCUT2D eigenvalue weighted by atomic mass is 15.2. The Kier molecular flexibility index (Phi) is 2.27. The Labute approximate surface area is 107 Å². The van der Waals surface area contributed by atoms with E-state index in [0.717, 1.165) is 0 Å². The van der Waals surface area contributed by atoms with Gasteiger partial charge in [-0.3, -0.25) is 9.88 Å². The van der Waals surface area contributed by atoms with Gasteiger partial charge >= 0.3 is 0 Å². The van der Waals surface area contributed by atoms with E-state index >= 15 is 0 Å². The van der Waals surface area contributed by atoms with Crippen molar-refractivity contribution in [1.29, 1.82) is 0 Å². The number of rotatable bonds is 1. The summed E-state index contributed by atoms with van der Waals surface area (Å²) in [7, 11) is 0. The molecule has 2 aliphatic rings. The largest absolute Gasteiger partial charge is 0.360 e. The maximum Gasteiger partial charge on any atom is 0.0491 e. The lowest BCUT2D eigenvalue weighted by Gasteiger charge is -2.28. The normalized spacial score (nSPS) is 24.2. The molecule has 1 unspecified atom stereocenters. The third-order valence-electron chi connectivity index (χ3n) is 4.31. The molecule has 0 bridgehead atoms. The second kappa shape index (κ2) is 3.95. The molecule has 92 valence electrons. The first-order valence-corrected chi connectivity index (χ1v) is 6.78. The summed E-state index contributed by atoms with van der Waals surface area (Å²) in [4.78, 5) is 10.2. The molecule has 18 heavy (non-hydrogen) atoms. The molecule has 2 aliphatic heterocycles. The molecule has 2 aromatic rings. The topological polar surface area (TPSA) is 31.9 Å². The Morgan fingerprint density at radius 3 is 3.33 bits per heavy atom. The van der Waals surface area contributed by atoms with Crippen LogP contribution in [0.3, 0.4) is 0 Å². The summed E-state index contributed by atoms with van der Waals surface area (Å²) < 4.78 is 0. The van der Waals surface area contributed by atoms with Crippen molar-refractivity contribution in [3.63, 3.8) is 0 Å². The van der Waals surface area contributed by atoms with E-state index in [0.29, 0.717) is 6.04 Å². The molecule has 0 radical (unpaired) electrons. The van der Waals surface area contributed by atoms with Crippen molar-refractivity contribution in [2.24, 2.45) is 0 Å². The van der Waals surface area contributed by atoms with Crippen LogP contribution in [0.15, 0.2) is 30.7 Å². The number of aromatic amines is 1. The van der Waals surface area contributed by atoms with Crippen LogP contribution in [0, 0.1) is 0 Å². The Morgan fingerprint density at radius 2 is 2.33 bits per heavy atom. The molecule has 4 rings (SSSR count). The molecular formula is C15H17N3. The fourth-order valence-electron chi connectivity index (χ4n) is 3.35. The highest BCUT2D eigenvalue weighted by molar-refractivity contribution is 5.92. The van der Waals surface area contributed by atoms with E-state index in [1.807, 2.05) is 18.5 Å². The Bertz CT molecular complexity index is 611. The quantitative estimate of drug-likeness (QED) is 0.829. The maximum absolute atomic E-state index is 4.25. The van der Waals surface area contributed by atoms with Crippen LogP contribution in [0.2, 0.25) is 0 Å². The maximum atomic E-state index is 4.25. The Balaban J connectivity index is 1.79. The van der Waals surface area contributed by atoms with Crippen molar-refractivity contribution in [2.45, 2.75) is 25.3 Å². The number of hydrogen-bond donors (Lipinski definition) is 1. The summed E-state index contributed by atoms with van der Waals surface area (Å²) in [6, 6.07) is 2.72. The summed E-state index contributed by atoms with van der Waals surface area (Å²) >= 11 is 0. The van der Waals surface area contributed by atoms with Gasteiger partial charge in [-0.2, -0.15) is 0 Å². The standard InChI is InChI=1S/C15H17N3/c1-2-12-8-11(4-7-18(12)6-1)13-10-17-15-3-5-16-9-14(13)15/h3,5,8-10,12,17H,1-2,4,6-7H2. The molecule has 1 fully saturated rings. The van der Waals surface area contributed by atoms with Gasteiger partial charge in [0.25, 0.3) is 0 Å². The zero-order chi connectivity index (χ0) is 11.9. The minimum atomic E-state index is 0.676. The lowest BCUT2D eigenvalue weighted by Crippen LogP contribution is -2.32. The van der Waals surface area contributed by atoms with E-state index in [9.17, 15) is 0 Å². The third-order valence-corrected chi connectivity index (χ3v) is 4.31. The molecule has 0 aromatic carbocycles. The van der Waals surface area contributed by atoms with Crippen molar-refractivity contribution in [3.8, 4) is 0 Å². The van der Waals surface area contributed by atoms with E-state index < -0.39 is 0 Å². The van der Waals surface area contributed by atoms with E-state index in [1.165, 1.54) is 54.4 Å². The number of nitrogens with one attached hydrogen (secondary N) is 1. The fourth-order valence-corrected chi connectivity index (χ4v) is 3.35. The van der Waals surface area contributed by atoms with Gasteiger partial charge in [0.05, 0.1) is 0 Å². The molecule has 0 aliphatic carbocycles. The molecular weight excluding hydrogens is 222 g/mol. The van der Waals surface area contributed by atoms with E-state index in [2.05, 4.69) is 27.1 Å². The SMILES string of the molecule is C1=C(c2c[nH]c3ccncc23)CCN2CCCC12. The average Bonchev–Trinajstić information content (AvgIpc) is 3.04. The van der Waals surface area contributed by atoms with E-state index in [1.54, 1.807) is 0 Å². The minimum Gasteiger partial charge on any atom is -0.360 e. The first-order chi connectivity index (χ1) is 8.92. The molecule has 0 amide bonds. The Hall–Kier alpha value is -1.61. The van der Waals surface area contributed by atoms with Crippen LogP contribution in [-0.4, -0.2) is 34.0 Å². The molecule has 3 heteroatoms. The lowest BCUT2D eigenvalue weighted by atomic mass is 9.96. The highest BCUT2D eigenvalue weighted by Crippen LogP contribution is 2.33. The summed E-state index contributed by atoms with van der Waals surface area (Å²) in [5.74, 6) is 0. The summed E-state index contributed by atoms with van der Waals surface area (Å²) in [5, 5.41) is 1.26. The average molecular weight is 239 g/mol. The molecule has 1 N–H and O–H groups in total. The van der Waals surface area contributed by atoms with Crippen LogP contribution in [-0.2, 0) is 0 Å². The number of nitrogens with zero attached hydrogens (tertiary/aromatic N) is 2. The lowest BCUT2D eigenvalue weighted by molar-refractivity contribution is 0.288. The van der Waals surface area contributed by atoms with E-state index in [-0.39, 0.29) is 0 Å². The zero-order valence-corrected chi connectivity index (χ0v) is 10.4. The van der Waals surface area contributed by atoms with E-state index in [4.69, 9.17) is 0 Å². The number of H-pyrrole nitrogens is 1. The number of fused-ring (bicyclic) bond motifs is 2. The van der Waals surface area contributed by atoms with Crippen LogP contribution in [0.4, 0.5) is 0 Å². The summed E-state index contributed by atoms with van der Waals surface area (Å²) in [6.07, 6.45) is 12.3. The van der Waals surface area contributed by atoms with Crippen molar-refractivity contribution in [1.82, 2.24) is 14.9 Å². The van der Waals surface area contributed by atoms with Gasteiger partial charge in [0, 0.05) is 47.6 Å². The second-order valence-electron chi connectivity index (χ2n) is 5.31. The minimum absolute atomic E-state index is 0.676. The molecule has 0 saturated carbocycles. The van der Waals surface area contributed by atoms with Crippen LogP contribution in [0.1, 0.15) is 24.8 Å². The van der Waals surface area contributed by atoms with Crippen LogP contribution in [0.25, 0.3) is 16.5 Å². The fraction of sp³-hybridized carbons (Fsp3) is 0.400. The molecule has 1 atom stereocenters. The molecule has 3 nitrogen and oxygen atoms in total. The van der Waals surface area contributed by atoms with Crippen LogP contribution in [0.5, 0.6) is 0 Å². The Morgan fingerprint density at radius 1 is 1.33 bits per heavy atom. The number of aromatic nitrogens is 2. The monoisotopic (exact) mass is 239 g/mol. The van der Waals surface area contributed by atoms with Crippen molar-refractivity contribution >= 4 is 16.5 Å². The van der Waals surface area contributed by atoms with Gasteiger partial charge in [-0.25, -0.2) is 0 Å². The summed E-state index contributed by atoms with van der Waals surface area (Å²) in [5.41, 5.74) is 4.04. The zero-order valence-electron chi connectivity index (χ0n) is 10.4.